The van der Waals surface area contributed by atoms with Gasteiger partial charge in [-0.15, -0.1) is 11.8 Å². The molecule has 2 unspecified atom stereocenters. The van der Waals surface area contributed by atoms with Crippen molar-refractivity contribution in [2.24, 2.45) is 0 Å². The number of anilines is 1. The minimum Gasteiger partial charge on any atom is -0.349 e. The largest absolute Gasteiger partial charge is 0.349 e. The van der Waals surface area contributed by atoms with Crippen LogP contribution in [-0.4, -0.2) is 17.1 Å². The Morgan fingerprint density at radius 3 is 2.24 bits per heavy atom. The molecule has 2 atom stereocenters. The topological polar surface area (TPSA) is 58.2 Å². The number of carbonyl (C=O) groups excluding carboxylic acids is 2. The van der Waals surface area contributed by atoms with E-state index in [-0.39, 0.29) is 23.1 Å². The minimum atomic E-state index is -0.210. The lowest BCUT2D eigenvalue weighted by Crippen LogP contribution is -2.33. The molecule has 0 saturated carbocycles. The quantitative estimate of drug-likeness (QED) is 0.758. The molecule has 0 radical (unpaired) electrons. The van der Waals surface area contributed by atoms with Crippen LogP contribution >= 0.6 is 11.8 Å². The molecular formula is C20H24N2O2S. The van der Waals surface area contributed by atoms with E-state index in [0.717, 1.165) is 16.1 Å². The third-order valence-electron chi connectivity index (χ3n) is 3.87. The fraction of sp³-hybridized carbons (Fsp3) is 0.300. The number of hydrogen-bond donors (Lipinski definition) is 2. The van der Waals surface area contributed by atoms with Gasteiger partial charge < -0.3 is 10.6 Å². The molecule has 25 heavy (non-hydrogen) atoms. The highest BCUT2D eigenvalue weighted by Crippen LogP contribution is 2.26. The monoisotopic (exact) mass is 356 g/mol. The summed E-state index contributed by atoms with van der Waals surface area (Å²) >= 11 is 1.50. The number of amides is 2. The summed E-state index contributed by atoms with van der Waals surface area (Å²) in [4.78, 5) is 24.5. The maximum Gasteiger partial charge on any atom is 0.233 e. The van der Waals surface area contributed by atoms with E-state index in [2.05, 4.69) is 10.6 Å². The number of hydrogen-bond acceptors (Lipinski definition) is 3. The lowest BCUT2D eigenvalue weighted by Gasteiger charge is -2.19. The van der Waals surface area contributed by atoms with Crippen LogP contribution in [0.2, 0.25) is 0 Å². The molecule has 0 spiro atoms. The van der Waals surface area contributed by atoms with Crippen molar-refractivity contribution < 1.29 is 9.59 Å². The van der Waals surface area contributed by atoms with Crippen molar-refractivity contribution in [1.82, 2.24) is 5.32 Å². The van der Waals surface area contributed by atoms with Crippen molar-refractivity contribution in [3.63, 3.8) is 0 Å². The molecule has 2 N–H and O–H groups in total. The summed E-state index contributed by atoms with van der Waals surface area (Å²) in [5.41, 5.74) is 3.05. The molecule has 0 aliphatic rings. The van der Waals surface area contributed by atoms with E-state index < -0.39 is 0 Å². The van der Waals surface area contributed by atoms with Crippen molar-refractivity contribution >= 4 is 29.3 Å². The fourth-order valence-electron chi connectivity index (χ4n) is 2.56. The molecule has 4 nitrogen and oxygen atoms in total. The maximum absolute atomic E-state index is 12.5. The second kappa shape index (κ2) is 8.72. The number of aryl methyl sites for hydroxylation is 1. The Balaban J connectivity index is 1.93. The van der Waals surface area contributed by atoms with Crippen LogP contribution in [0.25, 0.3) is 0 Å². The summed E-state index contributed by atoms with van der Waals surface area (Å²) in [5, 5.41) is 5.60. The molecule has 2 aromatic rings. The van der Waals surface area contributed by atoms with Crippen LogP contribution in [0.15, 0.2) is 53.4 Å². The summed E-state index contributed by atoms with van der Waals surface area (Å²) in [5.74, 6) is -0.0926. The zero-order chi connectivity index (χ0) is 18.4. The van der Waals surface area contributed by atoms with Gasteiger partial charge in [-0.2, -0.15) is 0 Å². The Hall–Kier alpha value is -2.27. The van der Waals surface area contributed by atoms with Gasteiger partial charge in [0.25, 0.3) is 0 Å². The SMILES string of the molecule is CC(=O)Nc1ccc(SC(C)C(=O)NC(C)c2ccccc2C)cc1. The standard InChI is InChI=1S/C20H24N2O2S/c1-13-7-5-6-8-19(13)14(2)21-20(24)15(3)25-18-11-9-17(10-12-18)22-16(4)23/h5-12,14-15H,1-4H3,(H,21,24)(H,22,23). The molecule has 0 heterocycles. The van der Waals surface area contributed by atoms with Crippen molar-refractivity contribution in [3.8, 4) is 0 Å². The van der Waals surface area contributed by atoms with Gasteiger partial charge in [-0.05, 0) is 56.2 Å². The third kappa shape index (κ3) is 5.64. The van der Waals surface area contributed by atoms with Gasteiger partial charge in [-0.1, -0.05) is 24.3 Å². The molecule has 0 aromatic heterocycles. The Kier molecular flexibility index (Phi) is 6.65. The summed E-state index contributed by atoms with van der Waals surface area (Å²) in [7, 11) is 0. The first-order valence-corrected chi connectivity index (χ1v) is 9.15. The normalized spacial score (nSPS) is 13.0. The number of carbonyl (C=O) groups is 2. The van der Waals surface area contributed by atoms with Crippen molar-refractivity contribution in [3.05, 3.63) is 59.7 Å². The van der Waals surface area contributed by atoms with E-state index in [1.54, 1.807) is 0 Å². The molecule has 132 valence electrons. The molecule has 0 aliphatic carbocycles. The summed E-state index contributed by atoms with van der Waals surface area (Å²) in [6, 6.07) is 15.5. The Morgan fingerprint density at radius 1 is 1.00 bits per heavy atom. The molecule has 2 aromatic carbocycles. The van der Waals surface area contributed by atoms with Gasteiger partial charge in [-0.25, -0.2) is 0 Å². The second-order valence-electron chi connectivity index (χ2n) is 6.05. The fourth-order valence-corrected chi connectivity index (χ4v) is 3.44. The average molecular weight is 356 g/mol. The van der Waals surface area contributed by atoms with Crippen LogP contribution in [-0.2, 0) is 9.59 Å². The van der Waals surface area contributed by atoms with Crippen LogP contribution in [0.4, 0.5) is 5.69 Å². The van der Waals surface area contributed by atoms with Crippen molar-refractivity contribution in [1.29, 1.82) is 0 Å². The highest BCUT2D eigenvalue weighted by molar-refractivity contribution is 8.00. The molecule has 0 bridgehead atoms. The van der Waals surface area contributed by atoms with Crippen LogP contribution in [0.1, 0.15) is 37.9 Å². The molecule has 2 amide bonds. The smallest absolute Gasteiger partial charge is 0.233 e. The lowest BCUT2D eigenvalue weighted by atomic mass is 10.0. The van der Waals surface area contributed by atoms with Gasteiger partial charge in [0.15, 0.2) is 0 Å². The number of rotatable bonds is 6. The van der Waals surface area contributed by atoms with Crippen LogP contribution < -0.4 is 10.6 Å². The van der Waals surface area contributed by atoms with Gasteiger partial charge in [0.1, 0.15) is 0 Å². The number of benzene rings is 2. The second-order valence-corrected chi connectivity index (χ2v) is 7.47. The third-order valence-corrected chi connectivity index (χ3v) is 4.98. The molecule has 0 aliphatic heterocycles. The van der Waals surface area contributed by atoms with E-state index >= 15 is 0 Å². The summed E-state index contributed by atoms with van der Waals surface area (Å²) < 4.78 is 0. The Labute approximate surface area is 153 Å². The molecular weight excluding hydrogens is 332 g/mol. The van der Waals surface area contributed by atoms with Gasteiger partial charge in [0, 0.05) is 17.5 Å². The molecule has 2 rings (SSSR count). The van der Waals surface area contributed by atoms with Gasteiger partial charge >= 0.3 is 0 Å². The van der Waals surface area contributed by atoms with E-state index in [0.29, 0.717) is 0 Å². The van der Waals surface area contributed by atoms with Gasteiger partial charge in [0.05, 0.1) is 11.3 Å². The van der Waals surface area contributed by atoms with Crippen molar-refractivity contribution in [2.75, 3.05) is 5.32 Å². The van der Waals surface area contributed by atoms with Gasteiger partial charge in [-0.3, -0.25) is 9.59 Å². The maximum atomic E-state index is 12.5. The van der Waals surface area contributed by atoms with Crippen LogP contribution in [0.5, 0.6) is 0 Å². The zero-order valence-electron chi connectivity index (χ0n) is 15.0. The van der Waals surface area contributed by atoms with Crippen LogP contribution in [0, 0.1) is 6.92 Å². The van der Waals surface area contributed by atoms with E-state index in [1.807, 2.05) is 69.3 Å². The minimum absolute atomic E-state index is 0.00619. The molecule has 0 fully saturated rings. The number of thioether (sulfide) groups is 1. The predicted octanol–water partition coefficient (Wildman–Crippen LogP) is 4.31. The highest BCUT2D eigenvalue weighted by Gasteiger charge is 2.18. The summed E-state index contributed by atoms with van der Waals surface area (Å²) in [6.07, 6.45) is 0. The zero-order valence-corrected chi connectivity index (χ0v) is 15.8. The molecule has 5 heteroatoms. The van der Waals surface area contributed by atoms with Crippen molar-refractivity contribution in [2.45, 2.75) is 43.9 Å². The number of nitrogens with one attached hydrogen (secondary N) is 2. The lowest BCUT2D eigenvalue weighted by molar-refractivity contribution is -0.121. The van der Waals surface area contributed by atoms with E-state index in [1.165, 1.54) is 24.2 Å². The Bertz CT molecular complexity index is 744. The highest BCUT2D eigenvalue weighted by atomic mass is 32.2. The first-order valence-electron chi connectivity index (χ1n) is 8.27. The predicted molar refractivity (Wildman–Crippen MR) is 104 cm³/mol. The Morgan fingerprint density at radius 2 is 1.64 bits per heavy atom. The van der Waals surface area contributed by atoms with E-state index in [4.69, 9.17) is 0 Å². The van der Waals surface area contributed by atoms with E-state index in [9.17, 15) is 9.59 Å². The van der Waals surface area contributed by atoms with Crippen LogP contribution in [0.3, 0.4) is 0 Å². The summed E-state index contributed by atoms with van der Waals surface area (Å²) in [6.45, 7) is 7.42. The first-order chi connectivity index (χ1) is 11.9. The van der Waals surface area contributed by atoms with Gasteiger partial charge in [0.2, 0.25) is 11.8 Å². The first kappa shape index (κ1) is 19.1. The average Bonchev–Trinajstić information content (AvgIpc) is 2.56. The molecule has 0 saturated heterocycles.